The molecule has 0 aliphatic heterocycles. The van der Waals surface area contributed by atoms with Crippen LogP contribution >= 0.6 is 0 Å². The van der Waals surface area contributed by atoms with Gasteiger partial charge in [-0.15, -0.1) is 0 Å². The van der Waals surface area contributed by atoms with E-state index in [0.717, 1.165) is 19.6 Å². The molecule has 0 aromatic rings. The Morgan fingerprint density at radius 1 is 0.405 bits per heavy atom. The number of likely N-dealkylation sites (N-methyl/N-ethyl adjacent to an activating group) is 4. The van der Waals surface area contributed by atoms with Crippen LogP contribution in [0.2, 0.25) is 0 Å². The maximum atomic E-state index is 9.94. The van der Waals surface area contributed by atoms with Crippen molar-refractivity contribution in [2.24, 2.45) is 0 Å². The molecule has 0 unspecified atom stereocenters. The van der Waals surface area contributed by atoms with Crippen LogP contribution in [0.25, 0.3) is 0 Å². The summed E-state index contributed by atoms with van der Waals surface area (Å²) in [5.74, 6) is -9.31. The molecular formula is C20H32FeN4NaO16. The summed E-state index contributed by atoms with van der Waals surface area (Å²) < 4.78 is 0. The van der Waals surface area contributed by atoms with E-state index in [1.807, 2.05) is 0 Å². The van der Waals surface area contributed by atoms with E-state index >= 15 is 0 Å². The zero-order valence-electron chi connectivity index (χ0n) is 23.5. The molecule has 0 heterocycles. The van der Waals surface area contributed by atoms with Gasteiger partial charge >= 0.3 is 70.5 Å². The molecule has 42 heavy (non-hydrogen) atoms. The number of carbonyl (C=O) groups excluding carboxylic acids is 4. The van der Waals surface area contributed by atoms with Gasteiger partial charge in [0.15, 0.2) is 0 Å². The molecule has 0 atom stereocenters. The summed E-state index contributed by atoms with van der Waals surface area (Å²) >= 11 is 0. The average molecular weight is 663 g/mol. The Hall–Kier alpha value is -2.88. The minimum absolute atomic E-state index is 0. The number of hydrogen-bond acceptors (Lipinski definition) is 16. The zero-order valence-corrected chi connectivity index (χ0v) is 26.6. The van der Waals surface area contributed by atoms with Crippen molar-refractivity contribution in [1.29, 1.82) is 0 Å². The second kappa shape index (κ2) is 31.1. The van der Waals surface area contributed by atoms with E-state index in [1.54, 1.807) is 0 Å². The van der Waals surface area contributed by atoms with Crippen LogP contribution in [0.4, 0.5) is 0 Å². The first-order valence-electron chi connectivity index (χ1n) is 10.5. The fourth-order valence-corrected chi connectivity index (χ4v) is 2.03. The molecule has 20 nitrogen and oxygen atoms in total. The van der Waals surface area contributed by atoms with Gasteiger partial charge in [0.1, 0.15) is 0 Å². The molecule has 0 rings (SSSR count). The molecule has 0 bridgehead atoms. The Bertz CT molecular complexity index is 664. The summed E-state index contributed by atoms with van der Waals surface area (Å²) in [6, 6.07) is 0. The van der Waals surface area contributed by atoms with Gasteiger partial charge in [0.25, 0.3) is 0 Å². The number of hydrogen-bond donors (Lipinski definition) is 4. The average Bonchev–Trinajstić information content (AvgIpc) is 2.63. The van der Waals surface area contributed by atoms with Crippen LogP contribution in [0.1, 0.15) is 0 Å². The van der Waals surface area contributed by atoms with Gasteiger partial charge in [0, 0.05) is 26.2 Å². The summed E-state index contributed by atoms with van der Waals surface area (Å²) in [5, 5.41) is 71.9. The van der Waals surface area contributed by atoms with Gasteiger partial charge in [-0.1, -0.05) is 0 Å². The topological polar surface area (TPSA) is 323 Å². The van der Waals surface area contributed by atoms with Crippen LogP contribution in [-0.2, 0) is 55.4 Å². The fourth-order valence-electron chi connectivity index (χ4n) is 2.03. The third-order valence-electron chi connectivity index (χ3n) is 3.22. The van der Waals surface area contributed by atoms with Crippen molar-refractivity contribution in [2.75, 3.05) is 80.5 Å². The predicted molar refractivity (Wildman–Crippen MR) is 121 cm³/mol. The Morgan fingerprint density at radius 3 is 0.595 bits per heavy atom. The number of carboxylic acids is 8. The summed E-state index contributed by atoms with van der Waals surface area (Å²) in [6.07, 6.45) is 0. The third-order valence-corrected chi connectivity index (χ3v) is 3.22. The first-order valence-corrected chi connectivity index (χ1v) is 10.5. The SMILES string of the molecule is CN(CC(=O)[O-])CC(=O)O.CN(CC(=O)[O-])CC(=O)O.CN(CC(=O)[O-])CC(=O)O.CN(CC(=O)[O-])CC(=O)O.[Fe+3].[Na+]. The molecule has 0 amide bonds. The number of nitrogens with zero attached hydrogens (tertiary/aromatic N) is 4. The minimum Gasteiger partial charge on any atom is -0.549 e. The van der Waals surface area contributed by atoms with E-state index in [2.05, 4.69) is 0 Å². The second-order valence-electron chi connectivity index (χ2n) is 7.75. The van der Waals surface area contributed by atoms with E-state index in [1.165, 1.54) is 28.2 Å². The maximum Gasteiger partial charge on any atom is 3.00 e. The molecule has 0 saturated heterocycles. The van der Waals surface area contributed by atoms with Crippen LogP contribution in [0, 0.1) is 0 Å². The molecule has 22 heteroatoms. The predicted octanol–water partition coefficient (Wildman–Crippen LogP) is -12.0. The fraction of sp³-hybridized carbons (Fsp3) is 0.600. The molecule has 0 aromatic carbocycles. The molecular weight excluding hydrogens is 631 g/mol. The zero-order chi connectivity index (χ0) is 32.6. The van der Waals surface area contributed by atoms with Gasteiger partial charge in [0.05, 0.1) is 50.1 Å². The van der Waals surface area contributed by atoms with E-state index in [4.69, 9.17) is 20.4 Å². The van der Waals surface area contributed by atoms with Crippen LogP contribution in [0.3, 0.4) is 0 Å². The van der Waals surface area contributed by atoms with Crippen LogP contribution < -0.4 is 50.0 Å². The maximum absolute atomic E-state index is 9.94. The van der Waals surface area contributed by atoms with Gasteiger partial charge in [-0.2, -0.15) is 0 Å². The van der Waals surface area contributed by atoms with Crippen molar-refractivity contribution < 1.29 is 126 Å². The van der Waals surface area contributed by atoms with Crippen LogP contribution in [0.15, 0.2) is 0 Å². The Kier molecular flexibility index (Phi) is 38.3. The van der Waals surface area contributed by atoms with Crippen molar-refractivity contribution in [1.82, 2.24) is 19.6 Å². The monoisotopic (exact) mass is 663 g/mol. The molecule has 1 radical (unpaired) electrons. The quantitative estimate of drug-likeness (QED) is 0.111. The Balaban J connectivity index is -0.000000101. The van der Waals surface area contributed by atoms with Gasteiger partial charge in [0.2, 0.25) is 0 Å². The summed E-state index contributed by atoms with van der Waals surface area (Å²) in [7, 11) is 5.57. The largest absolute Gasteiger partial charge is 3.00 e. The summed E-state index contributed by atoms with van der Waals surface area (Å²) in [6.45, 7) is -2.55. The van der Waals surface area contributed by atoms with Crippen LogP contribution in [-0.4, -0.2) is 168 Å². The van der Waals surface area contributed by atoms with Gasteiger partial charge in [-0.05, 0) is 28.2 Å². The number of rotatable bonds is 16. The number of carbonyl (C=O) groups is 8. The van der Waals surface area contributed by atoms with E-state index in [0.29, 0.717) is 0 Å². The molecule has 0 spiro atoms. The van der Waals surface area contributed by atoms with E-state index in [9.17, 15) is 58.8 Å². The Morgan fingerprint density at radius 2 is 0.524 bits per heavy atom. The number of aliphatic carboxylic acids is 8. The van der Waals surface area contributed by atoms with Crippen molar-refractivity contribution in [3.8, 4) is 0 Å². The van der Waals surface area contributed by atoms with Gasteiger partial charge in [-0.3, -0.25) is 38.8 Å². The van der Waals surface area contributed by atoms with E-state index in [-0.39, 0.29) is 99.0 Å². The van der Waals surface area contributed by atoms with Crippen LogP contribution in [0.5, 0.6) is 0 Å². The van der Waals surface area contributed by atoms with Gasteiger partial charge < -0.3 is 60.0 Å². The Labute approximate surface area is 272 Å². The van der Waals surface area contributed by atoms with Gasteiger partial charge in [-0.25, -0.2) is 0 Å². The molecule has 0 saturated carbocycles. The van der Waals surface area contributed by atoms with Crippen molar-refractivity contribution >= 4 is 47.8 Å². The van der Waals surface area contributed by atoms with E-state index < -0.39 is 47.8 Å². The normalized spacial score (nSPS) is 9.33. The molecule has 0 aliphatic carbocycles. The molecule has 4 N–H and O–H groups in total. The molecule has 237 valence electrons. The first kappa shape index (κ1) is 51.8. The van der Waals surface area contributed by atoms with Crippen molar-refractivity contribution in [2.45, 2.75) is 0 Å². The molecule has 0 aliphatic rings. The summed E-state index contributed by atoms with van der Waals surface area (Å²) in [5.41, 5.74) is 0. The minimum atomic E-state index is -1.27. The summed E-state index contributed by atoms with van der Waals surface area (Å²) in [4.78, 5) is 83.7. The molecule has 0 aromatic heterocycles. The standard InChI is InChI=1S/4C5H9NO4.Fe.Na/c4*1-6(2-4(7)8)3-5(9)10;;/h4*2-3H2,1H3,(H,7,8)(H,9,10);;/q;;;;+3;+1/p-4. The van der Waals surface area contributed by atoms with Crippen molar-refractivity contribution in [3.05, 3.63) is 0 Å². The first-order chi connectivity index (χ1) is 18.1. The smallest absolute Gasteiger partial charge is 0.549 e. The number of carboxylic acid groups (broad SMARTS) is 8. The molecule has 0 fully saturated rings. The van der Waals surface area contributed by atoms with Crippen molar-refractivity contribution in [3.63, 3.8) is 0 Å². The third kappa shape index (κ3) is 57.1. The second-order valence-corrected chi connectivity index (χ2v) is 7.75.